The number of carbonyl (C=O) groups excluding carboxylic acids is 2. The van der Waals surface area contributed by atoms with Crippen LogP contribution in [0.1, 0.15) is 23.5 Å². The van der Waals surface area contributed by atoms with Crippen LogP contribution in [0.15, 0.2) is 27.1 Å². The second-order valence-corrected chi connectivity index (χ2v) is 12.0. The number of nitrogens with zero attached hydrogens (tertiary/aromatic N) is 4. The van der Waals surface area contributed by atoms with Crippen LogP contribution in [0.4, 0.5) is 0 Å². The lowest BCUT2D eigenvalue weighted by atomic mass is 9.97. The molecule has 1 atom stereocenters. The van der Waals surface area contributed by atoms with Gasteiger partial charge in [0.2, 0.25) is 11.8 Å². The third-order valence-electron chi connectivity index (χ3n) is 5.74. The Morgan fingerprint density at radius 2 is 1.87 bits per heavy atom. The molecule has 8 nitrogen and oxygen atoms in total. The molecular weight excluding hydrogens is 456 g/mol. The lowest BCUT2D eigenvalue weighted by molar-refractivity contribution is -0.142. The minimum absolute atomic E-state index is 0.00581. The fourth-order valence-electron chi connectivity index (χ4n) is 4.06. The molecule has 2 saturated heterocycles. The number of piperidine rings is 1. The number of rotatable bonds is 5. The van der Waals surface area contributed by atoms with Gasteiger partial charge in [0.15, 0.2) is 0 Å². The first-order chi connectivity index (χ1) is 14.8. The molecule has 0 saturated carbocycles. The van der Waals surface area contributed by atoms with Gasteiger partial charge in [-0.15, -0.1) is 22.7 Å². The van der Waals surface area contributed by atoms with Gasteiger partial charge in [-0.25, -0.2) is 13.4 Å². The van der Waals surface area contributed by atoms with Crippen LogP contribution in [0.2, 0.25) is 0 Å². The number of carbonyl (C=O) groups is 2. The van der Waals surface area contributed by atoms with Crippen molar-refractivity contribution in [3.8, 4) is 0 Å². The topological polar surface area (TPSA) is 90.9 Å². The summed E-state index contributed by atoms with van der Waals surface area (Å²) >= 11 is 2.69. The lowest BCUT2D eigenvalue weighted by Crippen LogP contribution is -2.54. The van der Waals surface area contributed by atoms with Crippen LogP contribution >= 0.6 is 22.7 Å². The molecule has 0 radical (unpaired) electrons. The number of thiazole rings is 1. The number of sulfonamides is 1. The monoisotopic (exact) mass is 482 g/mol. The van der Waals surface area contributed by atoms with Gasteiger partial charge in [-0.1, -0.05) is 6.07 Å². The fraction of sp³-hybridized carbons (Fsp3) is 0.550. The van der Waals surface area contributed by atoms with Crippen LogP contribution in [0.3, 0.4) is 0 Å². The van der Waals surface area contributed by atoms with Crippen LogP contribution in [0.25, 0.3) is 0 Å². The van der Waals surface area contributed by atoms with Crippen LogP contribution in [-0.2, 0) is 26.0 Å². The highest BCUT2D eigenvalue weighted by atomic mass is 32.2. The number of aromatic nitrogens is 1. The minimum atomic E-state index is -3.54. The molecule has 0 aliphatic carbocycles. The molecule has 0 spiro atoms. The zero-order chi connectivity index (χ0) is 22.0. The smallest absolute Gasteiger partial charge is 0.252 e. The van der Waals surface area contributed by atoms with Crippen LogP contribution < -0.4 is 0 Å². The maximum absolute atomic E-state index is 13.1. The first-order valence-corrected chi connectivity index (χ1v) is 13.6. The summed E-state index contributed by atoms with van der Waals surface area (Å²) in [5.74, 6) is -0.301. The Morgan fingerprint density at radius 3 is 2.52 bits per heavy atom. The number of hydrogen-bond acceptors (Lipinski definition) is 7. The summed E-state index contributed by atoms with van der Waals surface area (Å²) < 4.78 is 27.4. The van der Waals surface area contributed by atoms with Crippen LogP contribution in [-0.4, -0.2) is 78.6 Å². The number of piperazine rings is 1. The van der Waals surface area contributed by atoms with E-state index in [4.69, 9.17) is 0 Å². The Hall–Kier alpha value is -1.82. The van der Waals surface area contributed by atoms with E-state index >= 15 is 0 Å². The van der Waals surface area contributed by atoms with E-state index in [9.17, 15) is 18.0 Å². The van der Waals surface area contributed by atoms with Crippen molar-refractivity contribution in [1.82, 2.24) is 19.1 Å². The van der Waals surface area contributed by atoms with Gasteiger partial charge in [0.25, 0.3) is 10.0 Å². The van der Waals surface area contributed by atoms with Crippen molar-refractivity contribution in [3.05, 3.63) is 33.6 Å². The van der Waals surface area contributed by atoms with E-state index in [1.807, 2.05) is 12.3 Å². The number of thiophene rings is 1. The highest BCUT2D eigenvalue weighted by molar-refractivity contribution is 7.91. The summed E-state index contributed by atoms with van der Waals surface area (Å²) in [7, 11) is -3.54. The highest BCUT2D eigenvalue weighted by Gasteiger charge is 2.36. The van der Waals surface area contributed by atoms with Crippen molar-refractivity contribution in [3.63, 3.8) is 0 Å². The Labute approximate surface area is 190 Å². The quantitative estimate of drug-likeness (QED) is 0.649. The highest BCUT2D eigenvalue weighted by Crippen LogP contribution is 2.27. The van der Waals surface area contributed by atoms with E-state index < -0.39 is 10.0 Å². The van der Waals surface area contributed by atoms with E-state index in [0.717, 1.165) is 10.7 Å². The summed E-state index contributed by atoms with van der Waals surface area (Å²) in [6.45, 7) is 4.54. The van der Waals surface area contributed by atoms with Crippen LogP contribution in [0, 0.1) is 12.8 Å². The van der Waals surface area contributed by atoms with E-state index in [1.54, 1.807) is 27.3 Å². The number of hydrogen-bond donors (Lipinski definition) is 0. The standard InChI is InChI=1S/C20H26N4O4S3/c1-15-14-30-17(21-15)12-18(25)22-7-9-23(10-8-22)20(26)16-4-2-6-24(13-16)31(27,28)19-5-3-11-29-19/h3,5,11,14,16H,2,4,6-10,12-13H2,1H3/t16-/m0/s1. The first kappa shape index (κ1) is 22.4. The fourth-order valence-corrected chi connectivity index (χ4v) is 7.49. The van der Waals surface area contributed by atoms with E-state index in [-0.39, 0.29) is 24.3 Å². The molecule has 2 amide bonds. The molecule has 0 unspecified atom stereocenters. The molecular formula is C20H26N4O4S3. The van der Waals surface area contributed by atoms with Crippen LogP contribution in [0.5, 0.6) is 0 Å². The molecule has 2 aromatic rings. The van der Waals surface area contributed by atoms with Gasteiger partial charge < -0.3 is 9.80 Å². The number of amides is 2. The predicted molar refractivity (Wildman–Crippen MR) is 120 cm³/mol. The van der Waals surface area contributed by atoms with Crippen molar-refractivity contribution in [2.24, 2.45) is 5.92 Å². The Bertz CT molecular complexity index is 1030. The summed E-state index contributed by atoms with van der Waals surface area (Å²) in [6, 6.07) is 3.33. The van der Waals surface area contributed by atoms with Crippen molar-refractivity contribution in [2.45, 2.75) is 30.4 Å². The third kappa shape index (κ3) is 5.00. The maximum Gasteiger partial charge on any atom is 0.252 e. The minimum Gasteiger partial charge on any atom is -0.339 e. The van der Waals surface area contributed by atoms with E-state index in [2.05, 4.69) is 4.98 Å². The van der Waals surface area contributed by atoms with Gasteiger partial charge >= 0.3 is 0 Å². The van der Waals surface area contributed by atoms with Crippen molar-refractivity contribution in [1.29, 1.82) is 0 Å². The summed E-state index contributed by atoms with van der Waals surface area (Å²) in [5.41, 5.74) is 0.922. The molecule has 4 heterocycles. The lowest BCUT2D eigenvalue weighted by Gasteiger charge is -2.38. The maximum atomic E-state index is 13.1. The molecule has 11 heteroatoms. The van der Waals surface area contributed by atoms with Gasteiger partial charge in [-0.3, -0.25) is 9.59 Å². The molecule has 4 rings (SSSR count). The van der Waals surface area contributed by atoms with Crippen molar-refractivity contribution in [2.75, 3.05) is 39.3 Å². The van der Waals surface area contributed by atoms with Gasteiger partial charge in [-0.05, 0) is 31.2 Å². The third-order valence-corrected chi connectivity index (χ3v) is 9.94. The van der Waals surface area contributed by atoms with Gasteiger partial charge in [0.05, 0.1) is 12.3 Å². The Balaban J connectivity index is 1.31. The average molecular weight is 483 g/mol. The summed E-state index contributed by atoms with van der Waals surface area (Å²) in [6.07, 6.45) is 1.66. The van der Waals surface area contributed by atoms with Crippen molar-refractivity contribution < 1.29 is 18.0 Å². The zero-order valence-corrected chi connectivity index (χ0v) is 19.8. The molecule has 2 fully saturated rings. The van der Waals surface area contributed by atoms with E-state index in [0.29, 0.717) is 56.2 Å². The van der Waals surface area contributed by atoms with E-state index in [1.165, 1.54) is 27.0 Å². The first-order valence-electron chi connectivity index (χ1n) is 10.4. The Morgan fingerprint density at radius 1 is 1.13 bits per heavy atom. The molecule has 2 aliphatic heterocycles. The molecule has 0 aromatic carbocycles. The normalized spacial score (nSPS) is 20.7. The SMILES string of the molecule is Cc1csc(CC(=O)N2CCN(C(=O)[C@H]3CCCN(S(=O)(=O)c4cccs4)C3)CC2)n1. The largest absolute Gasteiger partial charge is 0.339 e. The van der Waals surface area contributed by atoms with Gasteiger partial charge in [0, 0.05) is 50.3 Å². The second kappa shape index (κ2) is 9.35. The molecule has 2 aliphatic rings. The zero-order valence-electron chi connectivity index (χ0n) is 17.4. The molecule has 0 N–H and O–H groups in total. The summed E-state index contributed by atoms with van der Waals surface area (Å²) in [5, 5.41) is 4.50. The number of aryl methyl sites for hydroxylation is 1. The summed E-state index contributed by atoms with van der Waals surface area (Å²) in [4.78, 5) is 33.5. The molecule has 168 valence electrons. The average Bonchev–Trinajstić information content (AvgIpc) is 3.46. The molecule has 0 bridgehead atoms. The Kier molecular flexibility index (Phi) is 6.75. The van der Waals surface area contributed by atoms with Crippen molar-refractivity contribution >= 4 is 44.5 Å². The molecule has 2 aromatic heterocycles. The van der Waals surface area contributed by atoms with Gasteiger partial charge in [-0.2, -0.15) is 4.31 Å². The molecule has 31 heavy (non-hydrogen) atoms. The predicted octanol–water partition coefficient (Wildman–Crippen LogP) is 1.83. The van der Waals surface area contributed by atoms with Gasteiger partial charge in [0.1, 0.15) is 9.22 Å². The second-order valence-electron chi connectivity index (χ2n) is 7.90.